The van der Waals surface area contributed by atoms with E-state index in [4.69, 9.17) is 11.5 Å². The van der Waals surface area contributed by atoms with E-state index >= 15 is 0 Å². The molecule has 0 aliphatic heterocycles. The standard InChI is InChI=1S/C14H20N2O/c1-13(2,12(15)17)11-5-3-4-10(8-11)9-14(16)6-7-14/h3-5,8H,6-7,9,16H2,1-2H3,(H2,15,17). The normalized spacial score (nSPS) is 17.8. The summed E-state index contributed by atoms with van der Waals surface area (Å²) in [5.74, 6) is -0.302. The first-order valence-corrected chi connectivity index (χ1v) is 6.02. The third-order valence-corrected chi connectivity index (χ3v) is 3.71. The highest BCUT2D eigenvalue weighted by Crippen LogP contribution is 2.36. The smallest absolute Gasteiger partial charge is 0.227 e. The molecule has 0 radical (unpaired) electrons. The molecule has 0 atom stereocenters. The summed E-state index contributed by atoms with van der Waals surface area (Å²) in [7, 11) is 0. The number of nitrogens with two attached hydrogens (primary N) is 2. The van der Waals surface area contributed by atoms with Gasteiger partial charge < -0.3 is 11.5 Å². The van der Waals surface area contributed by atoms with Crippen LogP contribution in [0.5, 0.6) is 0 Å². The highest BCUT2D eigenvalue weighted by Gasteiger charge is 2.38. The molecule has 2 rings (SSSR count). The molecular weight excluding hydrogens is 212 g/mol. The SMILES string of the molecule is CC(C)(C(N)=O)c1cccc(CC2(N)CC2)c1. The number of rotatable bonds is 4. The van der Waals surface area contributed by atoms with Crippen LogP contribution in [-0.4, -0.2) is 11.4 Å². The van der Waals surface area contributed by atoms with Gasteiger partial charge in [-0.2, -0.15) is 0 Å². The Bertz CT molecular complexity index is 447. The van der Waals surface area contributed by atoms with Crippen molar-refractivity contribution in [1.29, 1.82) is 0 Å². The zero-order chi connectivity index (χ0) is 12.7. The Kier molecular flexibility index (Phi) is 2.74. The first kappa shape index (κ1) is 12.1. The topological polar surface area (TPSA) is 69.1 Å². The van der Waals surface area contributed by atoms with Crippen molar-refractivity contribution in [2.45, 2.75) is 44.1 Å². The molecule has 1 aromatic carbocycles. The lowest BCUT2D eigenvalue weighted by Crippen LogP contribution is -2.35. The van der Waals surface area contributed by atoms with Crippen molar-refractivity contribution in [3.05, 3.63) is 35.4 Å². The molecule has 1 amide bonds. The van der Waals surface area contributed by atoms with Crippen molar-refractivity contribution in [2.24, 2.45) is 11.5 Å². The van der Waals surface area contributed by atoms with E-state index in [2.05, 4.69) is 12.1 Å². The number of hydrogen-bond acceptors (Lipinski definition) is 2. The minimum absolute atomic E-state index is 0.00447. The summed E-state index contributed by atoms with van der Waals surface area (Å²) in [6.07, 6.45) is 3.07. The molecule has 0 spiro atoms. The summed E-state index contributed by atoms with van der Waals surface area (Å²) in [5.41, 5.74) is 13.1. The fourth-order valence-electron chi connectivity index (χ4n) is 1.96. The number of benzene rings is 1. The Morgan fingerprint density at radius 1 is 1.41 bits per heavy atom. The largest absolute Gasteiger partial charge is 0.369 e. The van der Waals surface area contributed by atoms with Crippen LogP contribution in [0.4, 0.5) is 0 Å². The Morgan fingerprint density at radius 2 is 2.06 bits per heavy atom. The van der Waals surface area contributed by atoms with Gasteiger partial charge in [-0.05, 0) is 44.2 Å². The van der Waals surface area contributed by atoms with Crippen molar-refractivity contribution in [3.8, 4) is 0 Å². The number of hydrogen-bond donors (Lipinski definition) is 2. The van der Waals surface area contributed by atoms with Crippen LogP contribution >= 0.6 is 0 Å². The summed E-state index contributed by atoms with van der Waals surface area (Å²) in [6.45, 7) is 3.70. The second-order valence-corrected chi connectivity index (χ2v) is 5.73. The lowest BCUT2D eigenvalue weighted by atomic mass is 9.83. The molecule has 1 fully saturated rings. The molecule has 1 aromatic rings. The van der Waals surface area contributed by atoms with E-state index in [-0.39, 0.29) is 11.4 Å². The molecule has 1 aliphatic rings. The van der Waals surface area contributed by atoms with Crippen LogP contribution in [0.3, 0.4) is 0 Å². The van der Waals surface area contributed by atoms with Crippen molar-refractivity contribution < 1.29 is 4.79 Å². The van der Waals surface area contributed by atoms with Gasteiger partial charge in [-0.3, -0.25) is 4.79 Å². The van der Waals surface area contributed by atoms with Crippen molar-refractivity contribution in [3.63, 3.8) is 0 Å². The first-order valence-electron chi connectivity index (χ1n) is 6.02. The van der Waals surface area contributed by atoms with Gasteiger partial charge in [0.15, 0.2) is 0 Å². The summed E-state index contributed by atoms with van der Waals surface area (Å²) in [6, 6.07) is 8.04. The van der Waals surface area contributed by atoms with E-state index in [0.717, 1.165) is 24.8 Å². The summed E-state index contributed by atoms with van der Waals surface area (Å²) < 4.78 is 0. The highest BCUT2D eigenvalue weighted by molar-refractivity contribution is 5.85. The maximum Gasteiger partial charge on any atom is 0.227 e. The van der Waals surface area contributed by atoms with Crippen molar-refractivity contribution in [1.82, 2.24) is 0 Å². The van der Waals surface area contributed by atoms with E-state index in [0.29, 0.717) is 0 Å². The molecule has 0 saturated heterocycles. The molecule has 17 heavy (non-hydrogen) atoms. The molecule has 1 aliphatic carbocycles. The van der Waals surface area contributed by atoms with E-state index in [1.54, 1.807) is 0 Å². The number of primary amides is 1. The molecule has 0 aromatic heterocycles. The van der Waals surface area contributed by atoms with Crippen molar-refractivity contribution in [2.75, 3.05) is 0 Å². The average molecular weight is 232 g/mol. The van der Waals surface area contributed by atoms with Crippen molar-refractivity contribution >= 4 is 5.91 Å². The summed E-state index contributed by atoms with van der Waals surface area (Å²) >= 11 is 0. The maximum atomic E-state index is 11.4. The predicted octanol–water partition coefficient (Wildman–Crippen LogP) is 1.48. The zero-order valence-electron chi connectivity index (χ0n) is 10.5. The fraction of sp³-hybridized carbons (Fsp3) is 0.500. The van der Waals surface area contributed by atoms with Gasteiger partial charge in [0.2, 0.25) is 5.91 Å². The van der Waals surface area contributed by atoms with Crippen LogP contribution in [-0.2, 0) is 16.6 Å². The van der Waals surface area contributed by atoms with Gasteiger partial charge in [-0.15, -0.1) is 0 Å². The van der Waals surface area contributed by atoms with E-state index in [1.165, 1.54) is 5.56 Å². The van der Waals surface area contributed by atoms with Gasteiger partial charge in [0, 0.05) is 5.54 Å². The molecule has 92 valence electrons. The molecule has 0 unspecified atom stereocenters. The van der Waals surface area contributed by atoms with Gasteiger partial charge in [-0.25, -0.2) is 0 Å². The molecule has 4 N–H and O–H groups in total. The lowest BCUT2D eigenvalue weighted by molar-refractivity contribution is -0.122. The van der Waals surface area contributed by atoms with Gasteiger partial charge >= 0.3 is 0 Å². The van der Waals surface area contributed by atoms with Crippen LogP contribution in [0.15, 0.2) is 24.3 Å². The fourth-order valence-corrected chi connectivity index (χ4v) is 1.96. The Morgan fingerprint density at radius 3 is 2.59 bits per heavy atom. The van der Waals surface area contributed by atoms with Crippen LogP contribution in [0.2, 0.25) is 0 Å². The van der Waals surface area contributed by atoms with E-state index in [9.17, 15) is 4.79 Å². The Balaban J connectivity index is 2.25. The van der Waals surface area contributed by atoms with Crippen LogP contribution < -0.4 is 11.5 Å². The molecule has 1 saturated carbocycles. The quantitative estimate of drug-likeness (QED) is 0.825. The molecule has 3 nitrogen and oxygen atoms in total. The molecular formula is C14H20N2O. The van der Waals surface area contributed by atoms with Crippen LogP contribution in [0.1, 0.15) is 37.8 Å². The monoisotopic (exact) mass is 232 g/mol. The lowest BCUT2D eigenvalue weighted by Gasteiger charge is -2.22. The summed E-state index contributed by atoms with van der Waals surface area (Å²) in [4.78, 5) is 11.4. The molecule has 3 heteroatoms. The second kappa shape index (κ2) is 3.84. The third kappa shape index (κ3) is 2.50. The van der Waals surface area contributed by atoms with Gasteiger partial charge in [-0.1, -0.05) is 24.3 Å². The third-order valence-electron chi connectivity index (χ3n) is 3.71. The number of carbonyl (C=O) groups excluding carboxylic acids is 1. The van der Waals surface area contributed by atoms with Gasteiger partial charge in [0.05, 0.1) is 5.41 Å². The minimum Gasteiger partial charge on any atom is -0.369 e. The van der Waals surface area contributed by atoms with Crippen LogP contribution in [0, 0.1) is 0 Å². The van der Waals surface area contributed by atoms with E-state index in [1.807, 2.05) is 26.0 Å². The zero-order valence-corrected chi connectivity index (χ0v) is 10.5. The average Bonchev–Trinajstić information content (AvgIpc) is 2.96. The number of carbonyl (C=O) groups is 1. The second-order valence-electron chi connectivity index (χ2n) is 5.73. The van der Waals surface area contributed by atoms with Gasteiger partial charge in [0.1, 0.15) is 0 Å². The summed E-state index contributed by atoms with van der Waals surface area (Å²) in [5, 5.41) is 0. The van der Waals surface area contributed by atoms with Gasteiger partial charge in [0.25, 0.3) is 0 Å². The molecule has 0 bridgehead atoms. The predicted molar refractivity (Wildman–Crippen MR) is 68.5 cm³/mol. The van der Waals surface area contributed by atoms with E-state index < -0.39 is 5.41 Å². The maximum absolute atomic E-state index is 11.4. The Labute approximate surface area is 102 Å². The molecule has 0 heterocycles. The number of amides is 1. The highest BCUT2D eigenvalue weighted by atomic mass is 16.1. The first-order chi connectivity index (χ1) is 7.83. The Hall–Kier alpha value is -1.35. The minimum atomic E-state index is -0.624. The van der Waals surface area contributed by atoms with Crippen LogP contribution in [0.25, 0.3) is 0 Å².